The maximum atomic E-state index is 9.71. The first-order chi connectivity index (χ1) is 8.07. The third kappa shape index (κ3) is 16.3. The molecule has 0 unspecified atom stereocenters. The van der Waals surface area contributed by atoms with Gasteiger partial charge in [0, 0.05) is 36.9 Å². The van der Waals surface area contributed by atoms with Gasteiger partial charge in [0.15, 0.2) is 0 Å². The molecule has 0 aromatic heterocycles. The van der Waals surface area contributed by atoms with Crippen molar-refractivity contribution in [3.63, 3.8) is 0 Å². The predicted molar refractivity (Wildman–Crippen MR) is 45.2 cm³/mol. The van der Waals surface area contributed by atoms with E-state index in [1.165, 1.54) is 0 Å². The molecule has 11 heteroatoms. The van der Waals surface area contributed by atoms with Gasteiger partial charge in [0.25, 0.3) is 0 Å². The second-order valence-corrected chi connectivity index (χ2v) is 3.00. The van der Waals surface area contributed by atoms with E-state index >= 15 is 0 Å². The summed E-state index contributed by atoms with van der Waals surface area (Å²) in [5.74, 6) is -6.16. The van der Waals surface area contributed by atoms with Crippen molar-refractivity contribution in [1.29, 1.82) is 0 Å². The van der Waals surface area contributed by atoms with E-state index < -0.39 is 48.8 Å². The van der Waals surface area contributed by atoms with Crippen molar-refractivity contribution in [2.45, 2.75) is 24.9 Å². The fraction of sp³-hybridized carbons (Fsp3) is 0.500. The minimum Gasteiger partial charge on any atom is -0.550 e. The number of carbonyl (C=O) groups is 4. The number of carboxylic acids is 4. The summed E-state index contributed by atoms with van der Waals surface area (Å²) in [4.78, 5) is 38.7. The first-order valence-electron chi connectivity index (χ1n) is 4.40. The first-order valence-corrected chi connectivity index (χ1v) is 4.40. The van der Waals surface area contributed by atoms with Crippen molar-refractivity contribution in [3.05, 3.63) is 0 Å². The van der Waals surface area contributed by atoms with Crippen molar-refractivity contribution in [3.8, 4) is 0 Å². The van der Waals surface area contributed by atoms with Crippen LogP contribution in [0.15, 0.2) is 0 Å². The van der Waals surface area contributed by atoms with Gasteiger partial charge < -0.3 is 51.1 Å². The molecule has 0 bridgehead atoms. The monoisotopic (exact) mass is 317 g/mol. The zero-order valence-electron chi connectivity index (χ0n) is 9.37. The maximum absolute atomic E-state index is 9.71. The topological polar surface area (TPSA) is 213 Å². The van der Waals surface area contributed by atoms with Crippen molar-refractivity contribution >= 4 is 23.9 Å². The molecule has 0 aliphatic heterocycles. The van der Waals surface area contributed by atoms with Gasteiger partial charge in [-0.25, -0.2) is 0 Å². The van der Waals surface area contributed by atoms with Gasteiger partial charge in [0.2, 0.25) is 0 Å². The van der Waals surface area contributed by atoms with E-state index in [0.29, 0.717) is 0 Å². The summed E-state index contributed by atoms with van der Waals surface area (Å²) in [6, 6.07) is -2.93. The molecule has 1 radical (unpaired) electrons. The fourth-order valence-electron chi connectivity index (χ4n) is 0.526. The van der Waals surface area contributed by atoms with Gasteiger partial charge in [-0.1, -0.05) is 0 Å². The minimum absolute atomic E-state index is 0. The molecule has 0 aliphatic carbocycles. The summed E-state index contributed by atoms with van der Waals surface area (Å²) in [5.41, 5.74) is 9.47. The van der Waals surface area contributed by atoms with Gasteiger partial charge in [0.1, 0.15) is 0 Å². The molecule has 0 aliphatic rings. The summed E-state index contributed by atoms with van der Waals surface area (Å²) >= 11 is 0. The number of carboxylic acid groups (broad SMARTS) is 4. The van der Waals surface area contributed by atoms with E-state index in [2.05, 4.69) is 0 Å². The molecule has 4 N–H and O–H groups in total. The Hall–Kier alpha value is -1.68. The van der Waals surface area contributed by atoms with Crippen LogP contribution in [-0.2, 0) is 36.2 Å². The van der Waals surface area contributed by atoms with E-state index in [9.17, 15) is 39.6 Å². The van der Waals surface area contributed by atoms with Crippen LogP contribution in [0.1, 0.15) is 12.8 Å². The molecule has 107 valence electrons. The molecular weight excluding hydrogens is 307 g/mol. The Morgan fingerprint density at radius 2 is 0.947 bits per heavy atom. The summed E-state index contributed by atoms with van der Waals surface area (Å²) in [7, 11) is 0. The molecule has 19 heavy (non-hydrogen) atoms. The quantitative estimate of drug-likeness (QED) is 0.441. The number of carbonyl (C=O) groups excluding carboxylic acids is 4. The smallest absolute Gasteiger partial charge is 0.550 e. The number of aliphatic carboxylic acids is 4. The van der Waals surface area contributed by atoms with Crippen LogP contribution in [0.4, 0.5) is 0 Å². The maximum Gasteiger partial charge on any atom is 4.00 e. The third-order valence-electron chi connectivity index (χ3n) is 1.38. The van der Waals surface area contributed by atoms with E-state index in [0.717, 1.165) is 0 Å². The van der Waals surface area contributed by atoms with Crippen LogP contribution in [0.3, 0.4) is 0 Å². The molecule has 0 fully saturated rings. The normalized spacial score (nSPS) is 11.9. The molecule has 0 rings (SSSR count). The van der Waals surface area contributed by atoms with Gasteiger partial charge in [-0.3, -0.25) is 0 Å². The number of rotatable bonds is 6. The Kier molecular flexibility index (Phi) is 13.5. The second-order valence-electron chi connectivity index (χ2n) is 3.00. The molecule has 0 aromatic carbocycles. The van der Waals surface area contributed by atoms with Gasteiger partial charge in [-0.15, -0.1) is 0 Å². The summed E-state index contributed by atoms with van der Waals surface area (Å²) in [5, 5.41) is 38.7. The van der Waals surface area contributed by atoms with Crippen LogP contribution in [0.5, 0.6) is 0 Å². The number of hydrogen-bond donors (Lipinski definition) is 2. The van der Waals surface area contributed by atoms with Crippen molar-refractivity contribution in [2.75, 3.05) is 0 Å². The Labute approximate surface area is 117 Å². The van der Waals surface area contributed by atoms with Crippen molar-refractivity contribution in [2.24, 2.45) is 11.5 Å². The minimum atomic E-state index is -1.58. The zero-order chi connectivity index (χ0) is 14.9. The Morgan fingerprint density at radius 1 is 0.737 bits per heavy atom. The molecule has 0 aromatic rings. The third-order valence-corrected chi connectivity index (χ3v) is 1.38. The van der Waals surface area contributed by atoms with Crippen LogP contribution < -0.4 is 31.9 Å². The second kappa shape index (κ2) is 11.4. The van der Waals surface area contributed by atoms with Crippen LogP contribution in [0, 0.1) is 0 Å². The van der Waals surface area contributed by atoms with Gasteiger partial charge in [0.05, 0.1) is 11.9 Å². The summed E-state index contributed by atoms with van der Waals surface area (Å²) < 4.78 is 0. The molecule has 0 amide bonds. The first kappa shape index (κ1) is 22.5. The SMILES string of the molecule is N[C@@H](CC(=O)[O-])C(=O)[O-].N[C@@H](CC(=O)[O-])C(=O)[O-].[Mn+4]. The van der Waals surface area contributed by atoms with Gasteiger partial charge >= 0.3 is 17.1 Å². The van der Waals surface area contributed by atoms with Gasteiger partial charge in [-0.05, 0) is 0 Å². The van der Waals surface area contributed by atoms with E-state index in [-0.39, 0.29) is 17.1 Å². The van der Waals surface area contributed by atoms with Crippen molar-refractivity contribution < 1.29 is 56.7 Å². The summed E-state index contributed by atoms with van der Waals surface area (Å²) in [6.07, 6.45) is -1.41. The predicted octanol–water partition coefficient (Wildman–Crippen LogP) is -7.60. The Morgan fingerprint density at radius 3 is 1.00 bits per heavy atom. The molecule has 0 heterocycles. The fourth-order valence-corrected chi connectivity index (χ4v) is 0.526. The van der Waals surface area contributed by atoms with Crippen LogP contribution in [-0.4, -0.2) is 36.0 Å². The molecule has 10 nitrogen and oxygen atoms in total. The molecule has 0 saturated heterocycles. The number of nitrogens with two attached hydrogens (primary N) is 2. The standard InChI is InChI=1S/2C4H7NO4.Mn/c2*5-2(4(8)9)1-3(6)7;/h2*2H,1,5H2,(H,6,7)(H,8,9);/q;;+4/p-4/t2*2-;/m00./s1. The van der Waals surface area contributed by atoms with Crippen molar-refractivity contribution in [1.82, 2.24) is 0 Å². The summed E-state index contributed by atoms with van der Waals surface area (Å²) in [6.45, 7) is 0. The Bertz CT molecular complexity index is 303. The number of hydrogen-bond acceptors (Lipinski definition) is 10. The average Bonchev–Trinajstić information content (AvgIpc) is 2.16. The largest absolute Gasteiger partial charge is 4.00 e. The van der Waals surface area contributed by atoms with Crippen LogP contribution in [0.2, 0.25) is 0 Å². The van der Waals surface area contributed by atoms with Crippen LogP contribution >= 0.6 is 0 Å². The van der Waals surface area contributed by atoms with Gasteiger partial charge in [-0.2, -0.15) is 0 Å². The Balaban J connectivity index is -0.000000256. The van der Waals surface area contributed by atoms with E-state index in [1.807, 2.05) is 0 Å². The molecule has 0 saturated carbocycles. The average molecular weight is 317 g/mol. The van der Waals surface area contributed by atoms with E-state index in [4.69, 9.17) is 11.5 Å². The molecule has 0 spiro atoms. The van der Waals surface area contributed by atoms with E-state index in [1.54, 1.807) is 0 Å². The molecule has 2 atom stereocenters. The molecular formula is C8H10MnN2O8. The zero-order valence-corrected chi connectivity index (χ0v) is 10.5. The van der Waals surface area contributed by atoms with Crippen LogP contribution in [0.25, 0.3) is 0 Å².